The number of nitrogens with one attached hydrogen (secondary N) is 1. The molecule has 1 heterocycles. The van der Waals surface area contributed by atoms with Crippen LogP contribution >= 0.6 is 44.1 Å². The summed E-state index contributed by atoms with van der Waals surface area (Å²) in [6.07, 6.45) is 7.43. The highest BCUT2D eigenvalue weighted by atomic mass is 79.9. The monoisotopic (exact) mass is 562 g/mol. The summed E-state index contributed by atoms with van der Waals surface area (Å²) in [4.78, 5) is 14.8. The normalized spacial score (nSPS) is 18.5. The lowest BCUT2D eigenvalue weighted by Crippen LogP contribution is -2.41. The number of thiocarbonyl (C=S) groups is 1. The third-order valence-corrected chi connectivity index (χ3v) is 7.16. The number of ether oxygens (including phenoxy) is 1. The van der Waals surface area contributed by atoms with E-state index in [1.165, 1.54) is 12.0 Å². The van der Waals surface area contributed by atoms with Crippen LogP contribution in [0.3, 0.4) is 0 Å². The molecule has 2 aromatic carbocycles. The molecular formula is C24H24Br2N2O2S. The van der Waals surface area contributed by atoms with E-state index < -0.39 is 0 Å². The molecule has 1 N–H and O–H groups in total. The second-order valence-corrected chi connectivity index (χ2v) is 10.1. The number of amides is 1. The summed E-state index contributed by atoms with van der Waals surface area (Å²) in [5.74, 6) is 0.691. The first-order valence-electron chi connectivity index (χ1n) is 10.5. The van der Waals surface area contributed by atoms with Crippen molar-refractivity contribution in [3.8, 4) is 5.75 Å². The van der Waals surface area contributed by atoms with E-state index >= 15 is 0 Å². The van der Waals surface area contributed by atoms with Crippen molar-refractivity contribution in [2.24, 2.45) is 0 Å². The van der Waals surface area contributed by atoms with E-state index in [1.54, 1.807) is 4.90 Å². The predicted molar refractivity (Wildman–Crippen MR) is 135 cm³/mol. The number of hydrogen-bond donors (Lipinski definition) is 1. The van der Waals surface area contributed by atoms with Crippen molar-refractivity contribution >= 4 is 61.2 Å². The Morgan fingerprint density at radius 2 is 1.77 bits per heavy atom. The number of rotatable bonds is 5. The van der Waals surface area contributed by atoms with Crippen LogP contribution in [0.4, 0.5) is 0 Å². The Morgan fingerprint density at radius 3 is 2.42 bits per heavy atom. The van der Waals surface area contributed by atoms with Crippen molar-refractivity contribution in [1.82, 2.24) is 10.2 Å². The maximum Gasteiger partial charge on any atom is 0.276 e. The van der Waals surface area contributed by atoms with Crippen LogP contribution in [0.15, 0.2) is 51.0 Å². The molecule has 0 radical (unpaired) electrons. The lowest BCUT2D eigenvalue weighted by molar-refractivity contribution is -0.124. The largest absolute Gasteiger partial charge is 0.487 e. The van der Waals surface area contributed by atoms with E-state index in [-0.39, 0.29) is 11.9 Å². The van der Waals surface area contributed by atoms with Gasteiger partial charge in [-0.1, -0.05) is 49.1 Å². The van der Waals surface area contributed by atoms with E-state index in [9.17, 15) is 4.79 Å². The molecule has 1 saturated heterocycles. The van der Waals surface area contributed by atoms with E-state index in [0.29, 0.717) is 17.4 Å². The maximum atomic E-state index is 13.0. The van der Waals surface area contributed by atoms with Gasteiger partial charge in [0, 0.05) is 6.04 Å². The molecule has 7 heteroatoms. The number of aryl methyl sites for hydroxylation is 1. The van der Waals surface area contributed by atoms with E-state index in [0.717, 1.165) is 51.5 Å². The topological polar surface area (TPSA) is 41.6 Å². The van der Waals surface area contributed by atoms with Crippen molar-refractivity contribution in [3.05, 3.63) is 67.7 Å². The Morgan fingerprint density at radius 1 is 1.13 bits per heavy atom. The zero-order valence-corrected chi connectivity index (χ0v) is 21.3. The van der Waals surface area contributed by atoms with Gasteiger partial charge in [-0.25, -0.2) is 0 Å². The van der Waals surface area contributed by atoms with Crippen molar-refractivity contribution < 1.29 is 9.53 Å². The summed E-state index contributed by atoms with van der Waals surface area (Å²) in [6, 6.07) is 12.4. The molecule has 0 unspecified atom stereocenters. The van der Waals surface area contributed by atoms with Crippen molar-refractivity contribution in [2.45, 2.75) is 51.7 Å². The summed E-state index contributed by atoms with van der Waals surface area (Å²) in [5.41, 5.74) is 3.72. The van der Waals surface area contributed by atoms with Crippen molar-refractivity contribution in [3.63, 3.8) is 0 Å². The van der Waals surface area contributed by atoms with Gasteiger partial charge in [0.2, 0.25) is 0 Å². The minimum Gasteiger partial charge on any atom is -0.487 e. The van der Waals surface area contributed by atoms with Crippen molar-refractivity contribution in [1.29, 1.82) is 0 Å². The fourth-order valence-corrected chi connectivity index (χ4v) is 5.82. The van der Waals surface area contributed by atoms with Crippen LogP contribution in [0.2, 0.25) is 0 Å². The minimum atomic E-state index is -0.0381. The summed E-state index contributed by atoms with van der Waals surface area (Å²) in [5, 5.41) is 3.62. The second kappa shape index (κ2) is 9.84. The van der Waals surface area contributed by atoms with Crippen LogP contribution in [0, 0.1) is 6.92 Å². The van der Waals surface area contributed by atoms with E-state index in [1.807, 2.05) is 18.2 Å². The predicted octanol–water partition coefficient (Wildman–Crippen LogP) is 6.49. The zero-order valence-electron chi connectivity index (χ0n) is 17.3. The van der Waals surface area contributed by atoms with Gasteiger partial charge in [0.15, 0.2) is 5.11 Å². The second-order valence-electron chi connectivity index (χ2n) is 8.04. The lowest BCUT2D eigenvalue weighted by atomic mass is 9.94. The van der Waals surface area contributed by atoms with Gasteiger partial charge in [0.25, 0.3) is 5.91 Å². The Balaban J connectivity index is 1.49. The van der Waals surface area contributed by atoms with Crippen LogP contribution in [-0.4, -0.2) is 22.0 Å². The minimum absolute atomic E-state index is 0.0381. The molecule has 0 spiro atoms. The first-order chi connectivity index (χ1) is 14.9. The standard InChI is InChI=1S/C24H24Br2N2O2S/c1-15-7-9-16(10-8-15)14-30-22-19(25)11-17(12-20(22)26)13-21-23(29)28(24(31)27-21)18-5-3-2-4-6-18/h7-13,18H,2-6,14H2,1H3,(H,27,31)/b21-13-. The number of carbonyl (C=O) groups excluding carboxylic acids is 1. The fourth-order valence-electron chi connectivity index (χ4n) is 4.03. The Bertz CT molecular complexity index is 1010. The molecule has 1 aliphatic carbocycles. The molecule has 162 valence electrons. The molecule has 4 rings (SSSR count). The zero-order chi connectivity index (χ0) is 22.0. The first kappa shape index (κ1) is 22.5. The van der Waals surface area contributed by atoms with Crippen LogP contribution in [0.5, 0.6) is 5.75 Å². The van der Waals surface area contributed by atoms with E-state index in [4.69, 9.17) is 17.0 Å². The average molecular weight is 564 g/mol. The Hall–Kier alpha value is -1.70. The highest BCUT2D eigenvalue weighted by molar-refractivity contribution is 9.11. The van der Waals surface area contributed by atoms with Gasteiger partial charge in [-0.05, 0) is 93.2 Å². The molecule has 4 nitrogen and oxygen atoms in total. The third-order valence-electron chi connectivity index (χ3n) is 5.68. The molecule has 2 aromatic rings. The van der Waals surface area contributed by atoms with Crippen molar-refractivity contribution in [2.75, 3.05) is 0 Å². The fraction of sp³-hybridized carbons (Fsp3) is 0.333. The molecule has 0 bridgehead atoms. The molecule has 0 aromatic heterocycles. The number of hydrogen-bond acceptors (Lipinski definition) is 3. The van der Waals surface area contributed by atoms with Gasteiger partial charge in [-0.15, -0.1) is 0 Å². The molecule has 1 amide bonds. The molecule has 2 aliphatic rings. The van der Waals surface area contributed by atoms with Crippen LogP contribution in [-0.2, 0) is 11.4 Å². The average Bonchev–Trinajstić information content (AvgIpc) is 3.02. The summed E-state index contributed by atoms with van der Waals surface area (Å²) >= 11 is 12.7. The molecule has 31 heavy (non-hydrogen) atoms. The lowest BCUT2D eigenvalue weighted by Gasteiger charge is -2.29. The molecule has 0 atom stereocenters. The molecule has 1 saturated carbocycles. The van der Waals surface area contributed by atoms with E-state index in [2.05, 4.69) is 68.4 Å². The first-order valence-corrected chi connectivity index (χ1v) is 12.5. The highest BCUT2D eigenvalue weighted by Crippen LogP contribution is 2.36. The SMILES string of the molecule is Cc1ccc(COc2c(Br)cc(/C=C3\NC(=S)N(C4CCCCC4)C3=O)cc2Br)cc1. The highest BCUT2D eigenvalue weighted by Gasteiger charge is 2.36. The number of benzene rings is 2. The summed E-state index contributed by atoms with van der Waals surface area (Å²) in [7, 11) is 0. The van der Waals surface area contributed by atoms with Gasteiger partial charge >= 0.3 is 0 Å². The van der Waals surface area contributed by atoms with Gasteiger partial charge in [0.05, 0.1) is 8.95 Å². The van der Waals surface area contributed by atoms with Crippen LogP contribution in [0.1, 0.15) is 48.8 Å². The Kier molecular flexibility index (Phi) is 7.14. The van der Waals surface area contributed by atoms with Crippen LogP contribution < -0.4 is 10.1 Å². The number of carbonyl (C=O) groups is 1. The smallest absolute Gasteiger partial charge is 0.276 e. The molecular weight excluding hydrogens is 540 g/mol. The quantitative estimate of drug-likeness (QED) is 0.333. The number of halogens is 2. The summed E-state index contributed by atoms with van der Waals surface area (Å²) < 4.78 is 7.66. The Labute approximate surface area is 205 Å². The molecule has 2 fully saturated rings. The maximum absolute atomic E-state index is 13.0. The van der Waals surface area contributed by atoms with Gasteiger partial charge in [0.1, 0.15) is 18.1 Å². The van der Waals surface area contributed by atoms with Gasteiger partial charge < -0.3 is 10.1 Å². The molecule has 1 aliphatic heterocycles. The van der Waals surface area contributed by atoms with Crippen LogP contribution in [0.25, 0.3) is 6.08 Å². The van der Waals surface area contributed by atoms with Gasteiger partial charge in [-0.3, -0.25) is 9.69 Å². The number of nitrogens with zero attached hydrogens (tertiary/aromatic N) is 1. The van der Waals surface area contributed by atoms with Gasteiger partial charge in [-0.2, -0.15) is 0 Å². The summed E-state index contributed by atoms with van der Waals surface area (Å²) in [6.45, 7) is 2.54. The third kappa shape index (κ3) is 5.21.